The maximum Gasteiger partial charge on any atom is 0.256 e. The minimum Gasteiger partial charge on any atom is -0.496 e. The van der Waals surface area contributed by atoms with Crippen LogP contribution in [0.2, 0.25) is 0 Å². The van der Waals surface area contributed by atoms with Crippen molar-refractivity contribution in [3.63, 3.8) is 0 Å². The van der Waals surface area contributed by atoms with Crippen molar-refractivity contribution in [2.75, 3.05) is 33.3 Å². The number of nitrogens with zero attached hydrogens (tertiary/aromatic N) is 2. The molecule has 0 aromatic heterocycles. The molecule has 0 aliphatic carbocycles. The van der Waals surface area contributed by atoms with E-state index in [1.807, 2.05) is 42.5 Å². The second-order valence-corrected chi connectivity index (χ2v) is 7.35. The van der Waals surface area contributed by atoms with Gasteiger partial charge in [0.25, 0.3) is 11.8 Å². The summed E-state index contributed by atoms with van der Waals surface area (Å²) >= 11 is 0. The Morgan fingerprint density at radius 3 is 2.16 bits per heavy atom. The lowest BCUT2D eigenvalue weighted by Crippen LogP contribution is -2.50. The highest BCUT2D eigenvalue weighted by atomic mass is 19.1. The molecule has 31 heavy (non-hydrogen) atoms. The van der Waals surface area contributed by atoms with E-state index in [2.05, 4.69) is 0 Å². The van der Waals surface area contributed by atoms with E-state index in [-0.39, 0.29) is 17.4 Å². The Kier molecular flexibility index (Phi) is 5.98. The SMILES string of the molecule is COc1ccccc1-c1cccc(C(=O)N2CCN(C(=O)c3ccccc3F)CC2)c1. The van der Waals surface area contributed by atoms with Gasteiger partial charge in [-0.25, -0.2) is 4.39 Å². The molecule has 0 atom stereocenters. The summed E-state index contributed by atoms with van der Waals surface area (Å²) in [5.41, 5.74) is 2.46. The Bertz CT molecular complexity index is 1110. The average Bonchev–Trinajstić information content (AvgIpc) is 2.83. The quantitative estimate of drug-likeness (QED) is 0.641. The minimum atomic E-state index is -0.529. The summed E-state index contributed by atoms with van der Waals surface area (Å²) in [4.78, 5) is 29.0. The molecule has 1 heterocycles. The lowest BCUT2D eigenvalue weighted by atomic mass is 10.0. The fourth-order valence-electron chi connectivity index (χ4n) is 3.80. The number of piperazine rings is 1. The number of ether oxygens (including phenoxy) is 1. The highest BCUT2D eigenvalue weighted by Gasteiger charge is 2.26. The molecule has 158 valence electrons. The molecule has 0 bridgehead atoms. The molecule has 1 aliphatic rings. The predicted molar refractivity (Wildman–Crippen MR) is 117 cm³/mol. The van der Waals surface area contributed by atoms with Gasteiger partial charge in [0.05, 0.1) is 12.7 Å². The zero-order chi connectivity index (χ0) is 21.8. The molecule has 6 heteroatoms. The molecule has 1 saturated heterocycles. The van der Waals surface area contributed by atoms with Crippen LogP contribution in [0, 0.1) is 5.82 Å². The van der Waals surface area contributed by atoms with E-state index < -0.39 is 5.82 Å². The monoisotopic (exact) mass is 418 g/mol. The topological polar surface area (TPSA) is 49.9 Å². The average molecular weight is 418 g/mol. The summed E-state index contributed by atoms with van der Waals surface area (Å²) in [6, 6.07) is 21.1. The maximum absolute atomic E-state index is 13.9. The van der Waals surface area contributed by atoms with Gasteiger partial charge in [0.2, 0.25) is 0 Å². The van der Waals surface area contributed by atoms with E-state index in [0.717, 1.165) is 16.9 Å². The fraction of sp³-hybridized carbons (Fsp3) is 0.200. The first-order valence-corrected chi connectivity index (χ1v) is 10.1. The van der Waals surface area contributed by atoms with Gasteiger partial charge in [0.1, 0.15) is 11.6 Å². The standard InChI is InChI=1S/C25H23FN2O3/c1-31-23-12-5-3-9-20(23)18-7-6-8-19(17-18)24(29)27-13-15-28(16-14-27)25(30)21-10-2-4-11-22(21)26/h2-12,17H,13-16H2,1H3. The highest BCUT2D eigenvalue weighted by Crippen LogP contribution is 2.30. The van der Waals surface area contributed by atoms with Gasteiger partial charge in [-0.1, -0.05) is 42.5 Å². The van der Waals surface area contributed by atoms with E-state index in [0.29, 0.717) is 31.7 Å². The number of para-hydroxylation sites is 1. The number of rotatable bonds is 4. The molecule has 0 N–H and O–H groups in total. The van der Waals surface area contributed by atoms with Crippen LogP contribution in [0.1, 0.15) is 20.7 Å². The van der Waals surface area contributed by atoms with E-state index >= 15 is 0 Å². The molecule has 3 aromatic carbocycles. The van der Waals surface area contributed by atoms with Crippen LogP contribution in [0.4, 0.5) is 4.39 Å². The first kappa shape index (κ1) is 20.6. The van der Waals surface area contributed by atoms with Crippen molar-refractivity contribution in [3.05, 3.63) is 89.7 Å². The molecule has 5 nitrogen and oxygen atoms in total. The molecule has 0 unspecified atom stereocenters. The smallest absolute Gasteiger partial charge is 0.256 e. The first-order valence-electron chi connectivity index (χ1n) is 10.1. The molecular weight excluding hydrogens is 395 g/mol. The van der Waals surface area contributed by atoms with Gasteiger partial charge < -0.3 is 14.5 Å². The van der Waals surface area contributed by atoms with Crippen molar-refractivity contribution in [1.82, 2.24) is 9.80 Å². The van der Waals surface area contributed by atoms with Crippen LogP contribution in [0.5, 0.6) is 5.75 Å². The number of amides is 2. The summed E-state index contributed by atoms with van der Waals surface area (Å²) < 4.78 is 19.4. The highest BCUT2D eigenvalue weighted by molar-refractivity contribution is 5.97. The van der Waals surface area contributed by atoms with E-state index in [9.17, 15) is 14.0 Å². The maximum atomic E-state index is 13.9. The third-order valence-corrected chi connectivity index (χ3v) is 5.49. The minimum absolute atomic E-state index is 0.0618. The molecule has 0 saturated carbocycles. The van der Waals surface area contributed by atoms with Crippen molar-refractivity contribution in [2.45, 2.75) is 0 Å². The van der Waals surface area contributed by atoms with Crippen molar-refractivity contribution in [1.29, 1.82) is 0 Å². The van der Waals surface area contributed by atoms with Crippen LogP contribution in [-0.2, 0) is 0 Å². The van der Waals surface area contributed by atoms with Crippen molar-refractivity contribution in [3.8, 4) is 16.9 Å². The second kappa shape index (κ2) is 9.00. The van der Waals surface area contributed by atoms with Crippen LogP contribution in [0.3, 0.4) is 0 Å². The number of methoxy groups -OCH3 is 1. The van der Waals surface area contributed by atoms with Gasteiger partial charge in [-0.05, 0) is 35.9 Å². The summed E-state index contributed by atoms with van der Waals surface area (Å²) in [6.07, 6.45) is 0. The van der Waals surface area contributed by atoms with Gasteiger partial charge in [0, 0.05) is 37.3 Å². The van der Waals surface area contributed by atoms with Crippen molar-refractivity contribution in [2.24, 2.45) is 0 Å². The van der Waals surface area contributed by atoms with Crippen LogP contribution < -0.4 is 4.74 Å². The number of carbonyl (C=O) groups excluding carboxylic acids is 2. The van der Waals surface area contributed by atoms with Crippen LogP contribution in [0.15, 0.2) is 72.8 Å². The summed E-state index contributed by atoms with van der Waals surface area (Å²) in [7, 11) is 1.62. The lowest BCUT2D eigenvalue weighted by Gasteiger charge is -2.35. The molecule has 0 radical (unpaired) electrons. The van der Waals surface area contributed by atoms with Gasteiger partial charge in [-0.2, -0.15) is 0 Å². The summed E-state index contributed by atoms with van der Waals surface area (Å²) in [6.45, 7) is 1.53. The Labute approximate surface area is 180 Å². The summed E-state index contributed by atoms with van der Waals surface area (Å²) in [5.74, 6) is -0.218. The molecule has 3 aromatic rings. The van der Waals surface area contributed by atoms with Gasteiger partial charge in [-0.15, -0.1) is 0 Å². The Hall–Kier alpha value is -3.67. The van der Waals surface area contributed by atoms with Crippen LogP contribution in [-0.4, -0.2) is 54.9 Å². The van der Waals surface area contributed by atoms with E-state index in [4.69, 9.17) is 4.74 Å². The second-order valence-electron chi connectivity index (χ2n) is 7.35. The predicted octanol–water partition coefficient (Wildman–Crippen LogP) is 4.10. The van der Waals surface area contributed by atoms with Crippen molar-refractivity contribution < 1.29 is 18.7 Å². The third kappa shape index (κ3) is 4.28. The fourth-order valence-corrected chi connectivity index (χ4v) is 3.80. The Morgan fingerprint density at radius 1 is 0.806 bits per heavy atom. The van der Waals surface area contributed by atoms with Gasteiger partial charge >= 0.3 is 0 Å². The number of hydrogen-bond donors (Lipinski definition) is 0. The summed E-state index contributed by atoms with van der Waals surface area (Å²) in [5, 5.41) is 0. The zero-order valence-corrected chi connectivity index (χ0v) is 17.3. The molecular formula is C25H23FN2O3. The molecule has 4 rings (SSSR count). The van der Waals surface area contributed by atoms with Crippen LogP contribution in [0.25, 0.3) is 11.1 Å². The van der Waals surface area contributed by atoms with Crippen molar-refractivity contribution >= 4 is 11.8 Å². The largest absolute Gasteiger partial charge is 0.496 e. The van der Waals surface area contributed by atoms with E-state index in [1.54, 1.807) is 35.1 Å². The molecule has 1 fully saturated rings. The zero-order valence-electron chi connectivity index (χ0n) is 17.3. The lowest BCUT2D eigenvalue weighted by molar-refractivity contribution is 0.0533. The number of halogens is 1. The molecule has 0 spiro atoms. The molecule has 1 aliphatic heterocycles. The number of hydrogen-bond acceptors (Lipinski definition) is 3. The van der Waals surface area contributed by atoms with Crippen LogP contribution >= 0.6 is 0 Å². The Balaban J connectivity index is 1.46. The number of carbonyl (C=O) groups is 2. The van der Waals surface area contributed by atoms with Gasteiger partial charge in [-0.3, -0.25) is 9.59 Å². The number of benzene rings is 3. The van der Waals surface area contributed by atoms with Gasteiger partial charge in [0.15, 0.2) is 0 Å². The molecule has 2 amide bonds. The third-order valence-electron chi connectivity index (χ3n) is 5.49. The Morgan fingerprint density at radius 2 is 1.45 bits per heavy atom. The van der Waals surface area contributed by atoms with E-state index in [1.165, 1.54) is 12.1 Å². The normalized spacial score (nSPS) is 13.7. The first-order chi connectivity index (χ1) is 15.1.